The number of benzene rings is 1. The van der Waals surface area contributed by atoms with Crippen LogP contribution in [0.3, 0.4) is 0 Å². The molecule has 10 heavy (non-hydrogen) atoms. The van der Waals surface area contributed by atoms with Crippen LogP contribution in [-0.2, 0) is 3.83 Å². The van der Waals surface area contributed by atoms with E-state index in [4.69, 9.17) is 0 Å². The van der Waals surface area contributed by atoms with Crippen LogP contribution >= 0.6 is 0 Å². The van der Waals surface area contributed by atoms with Crippen molar-refractivity contribution >= 4 is 24.7 Å². The summed E-state index contributed by atoms with van der Waals surface area (Å²) in [5.74, 6) is 0. The SMILES string of the molecule is O=[Se]1N=Cc2ccccc21. The molecule has 0 fully saturated rings. The van der Waals surface area contributed by atoms with Crippen LogP contribution in [-0.4, -0.2) is 20.3 Å². The average molecular weight is 198 g/mol. The Morgan fingerprint density at radius 3 is 2.90 bits per heavy atom. The predicted molar refractivity (Wildman–Crippen MR) is 40.1 cm³/mol. The van der Waals surface area contributed by atoms with Gasteiger partial charge in [0.2, 0.25) is 0 Å². The second-order valence-corrected chi connectivity index (χ2v) is 4.43. The third kappa shape index (κ3) is 0.753. The Morgan fingerprint density at radius 2 is 2.10 bits per heavy atom. The molecule has 0 saturated heterocycles. The summed E-state index contributed by atoms with van der Waals surface area (Å²) in [5, 5.41) is 0. The molecule has 0 spiro atoms. The van der Waals surface area contributed by atoms with Crippen molar-refractivity contribution in [2.75, 3.05) is 0 Å². The van der Waals surface area contributed by atoms with Crippen LogP contribution in [0.25, 0.3) is 0 Å². The Kier molecular flexibility index (Phi) is 1.26. The Labute approximate surface area is 62.9 Å². The molecule has 0 aliphatic carbocycles. The molecule has 0 amide bonds. The van der Waals surface area contributed by atoms with Crippen molar-refractivity contribution in [1.29, 1.82) is 0 Å². The van der Waals surface area contributed by atoms with Crippen LogP contribution in [0, 0.1) is 0 Å². The number of fused-ring (bicyclic) bond motifs is 1. The number of rotatable bonds is 0. The molecule has 0 saturated carbocycles. The van der Waals surface area contributed by atoms with Gasteiger partial charge in [-0.15, -0.1) is 0 Å². The van der Waals surface area contributed by atoms with Crippen molar-refractivity contribution in [1.82, 2.24) is 0 Å². The summed E-state index contributed by atoms with van der Waals surface area (Å²) in [4.78, 5) is 0. The van der Waals surface area contributed by atoms with Gasteiger partial charge in [-0.3, -0.25) is 0 Å². The Bertz CT molecular complexity index is 319. The molecule has 1 heterocycles. The van der Waals surface area contributed by atoms with Gasteiger partial charge in [0.05, 0.1) is 0 Å². The van der Waals surface area contributed by atoms with E-state index < -0.39 is 14.1 Å². The molecule has 0 bridgehead atoms. The summed E-state index contributed by atoms with van der Waals surface area (Å²) in [6, 6.07) is 7.62. The van der Waals surface area contributed by atoms with Gasteiger partial charge < -0.3 is 0 Å². The standard InChI is InChI=1S/C7H5NOSe/c9-10-7-4-2-1-3-6(7)5-8-10/h1-5H. The molecule has 1 aromatic carbocycles. The Hall–Kier alpha value is -0.791. The third-order valence-corrected chi connectivity index (χ3v) is 3.59. The maximum absolute atomic E-state index is 11.1. The minimum absolute atomic E-state index is 0.919. The molecule has 1 aliphatic rings. The minimum atomic E-state index is -2.00. The van der Waals surface area contributed by atoms with E-state index in [1.54, 1.807) is 6.21 Å². The quantitative estimate of drug-likeness (QED) is 0.549. The van der Waals surface area contributed by atoms with Crippen LogP contribution < -0.4 is 4.46 Å². The van der Waals surface area contributed by atoms with Crippen molar-refractivity contribution < 1.29 is 3.83 Å². The van der Waals surface area contributed by atoms with Crippen LogP contribution in [0.15, 0.2) is 28.3 Å². The molecule has 3 heteroatoms. The zero-order chi connectivity index (χ0) is 6.97. The third-order valence-electron chi connectivity index (χ3n) is 1.39. The fourth-order valence-electron chi connectivity index (χ4n) is 0.908. The van der Waals surface area contributed by atoms with E-state index in [0.29, 0.717) is 0 Å². The zero-order valence-corrected chi connectivity index (χ0v) is 6.86. The molecule has 50 valence electrons. The first-order valence-corrected chi connectivity index (χ1v) is 5.25. The van der Waals surface area contributed by atoms with Gasteiger partial charge in [0.15, 0.2) is 0 Å². The first-order valence-electron chi connectivity index (χ1n) is 2.93. The van der Waals surface area contributed by atoms with Crippen LogP contribution in [0.2, 0.25) is 0 Å². The summed E-state index contributed by atoms with van der Waals surface area (Å²) in [6.45, 7) is 0. The first-order chi connectivity index (χ1) is 4.88. The molecule has 1 unspecified atom stereocenters. The topological polar surface area (TPSA) is 29.4 Å². The molecule has 2 nitrogen and oxygen atoms in total. The molecule has 0 aromatic heterocycles. The molecule has 0 radical (unpaired) electrons. The predicted octanol–water partition coefficient (Wildman–Crippen LogP) is 0.245. The maximum atomic E-state index is 11.1. The van der Waals surface area contributed by atoms with Crippen LogP contribution in [0.5, 0.6) is 0 Å². The van der Waals surface area contributed by atoms with Crippen molar-refractivity contribution in [3.63, 3.8) is 0 Å². The molecule has 1 aliphatic heterocycles. The van der Waals surface area contributed by atoms with Crippen molar-refractivity contribution in [2.24, 2.45) is 4.01 Å². The number of hydrogen-bond acceptors (Lipinski definition) is 1. The molecule has 1 aromatic rings. The number of hydrogen-bond donors (Lipinski definition) is 0. The van der Waals surface area contributed by atoms with Gasteiger partial charge in [0.1, 0.15) is 0 Å². The van der Waals surface area contributed by atoms with Crippen LogP contribution in [0.4, 0.5) is 0 Å². The second-order valence-electron chi connectivity index (χ2n) is 2.02. The van der Waals surface area contributed by atoms with Gasteiger partial charge in [-0.25, -0.2) is 0 Å². The van der Waals surface area contributed by atoms with E-state index in [2.05, 4.69) is 4.01 Å². The van der Waals surface area contributed by atoms with Gasteiger partial charge >= 0.3 is 62.4 Å². The summed E-state index contributed by atoms with van der Waals surface area (Å²) >= 11 is -2.00. The number of nitrogens with zero attached hydrogens (tertiary/aromatic N) is 1. The average Bonchev–Trinajstić information content (AvgIpc) is 2.34. The van der Waals surface area contributed by atoms with E-state index in [1.165, 1.54) is 0 Å². The van der Waals surface area contributed by atoms with E-state index in [0.717, 1.165) is 10.0 Å². The van der Waals surface area contributed by atoms with Gasteiger partial charge in [-0.05, 0) is 0 Å². The molecule has 1 atom stereocenters. The first kappa shape index (κ1) is 5.95. The fraction of sp³-hybridized carbons (Fsp3) is 0. The van der Waals surface area contributed by atoms with Crippen molar-refractivity contribution in [3.8, 4) is 0 Å². The van der Waals surface area contributed by atoms with E-state index in [-0.39, 0.29) is 0 Å². The van der Waals surface area contributed by atoms with Gasteiger partial charge in [-0.1, -0.05) is 0 Å². The van der Waals surface area contributed by atoms with Gasteiger partial charge in [0.25, 0.3) is 0 Å². The van der Waals surface area contributed by atoms with Gasteiger partial charge in [-0.2, -0.15) is 0 Å². The Balaban J connectivity index is 2.70. The summed E-state index contributed by atoms with van der Waals surface area (Å²) in [5.41, 5.74) is 1.02. The van der Waals surface area contributed by atoms with Gasteiger partial charge in [0, 0.05) is 0 Å². The van der Waals surface area contributed by atoms with Crippen molar-refractivity contribution in [3.05, 3.63) is 29.8 Å². The fourth-order valence-corrected chi connectivity index (χ4v) is 2.67. The monoisotopic (exact) mass is 199 g/mol. The summed E-state index contributed by atoms with van der Waals surface area (Å²) < 4.78 is 15.8. The summed E-state index contributed by atoms with van der Waals surface area (Å²) in [7, 11) is 0. The molecular weight excluding hydrogens is 193 g/mol. The van der Waals surface area contributed by atoms with E-state index in [1.807, 2.05) is 24.3 Å². The second kappa shape index (κ2) is 2.11. The zero-order valence-electron chi connectivity index (χ0n) is 5.15. The van der Waals surface area contributed by atoms with Crippen molar-refractivity contribution in [2.45, 2.75) is 0 Å². The van der Waals surface area contributed by atoms with Crippen LogP contribution in [0.1, 0.15) is 5.56 Å². The summed E-state index contributed by atoms with van der Waals surface area (Å²) in [6.07, 6.45) is 1.69. The van der Waals surface area contributed by atoms with E-state index >= 15 is 0 Å². The molecular formula is C7H5NOSe. The normalized spacial score (nSPS) is 21.0. The molecule has 2 rings (SSSR count). The Morgan fingerprint density at radius 1 is 1.30 bits per heavy atom. The van der Waals surface area contributed by atoms with E-state index in [9.17, 15) is 3.83 Å². The molecule has 0 N–H and O–H groups in total.